The summed E-state index contributed by atoms with van der Waals surface area (Å²) in [6.45, 7) is 0.432. The van der Waals surface area contributed by atoms with Gasteiger partial charge in [-0.15, -0.1) is 0 Å². The fraction of sp³-hybridized carbons (Fsp3) is 0.619. The molecule has 2 aromatic heterocycles. The minimum absolute atomic E-state index is 0.328. The Morgan fingerprint density at radius 3 is 2.74 bits per heavy atom. The molecule has 0 spiro atoms. The Morgan fingerprint density at radius 2 is 2.00 bits per heavy atom. The van der Waals surface area contributed by atoms with Crippen LogP contribution in [0.1, 0.15) is 56.2 Å². The lowest BCUT2D eigenvalue weighted by atomic mass is 9.86. The molecule has 0 amide bonds. The third-order valence-electron chi connectivity index (χ3n) is 5.86. The number of aromatic nitrogens is 4. The maximum absolute atomic E-state index is 12.7. The van der Waals surface area contributed by atoms with E-state index in [2.05, 4.69) is 4.98 Å². The van der Waals surface area contributed by atoms with Crippen LogP contribution in [0.25, 0.3) is 11.5 Å². The molecule has 1 saturated carbocycles. The van der Waals surface area contributed by atoms with E-state index >= 15 is 0 Å². The fourth-order valence-electron chi connectivity index (χ4n) is 4.49. The van der Waals surface area contributed by atoms with E-state index < -0.39 is 0 Å². The van der Waals surface area contributed by atoms with Crippen LogP contribution >= 0.6 is 0 Å². The average Bonchev–Trinajstić information content (AvgIpc) is 3.30. The molecule has 4 rings (SSSR count). The van der Waals surface area contributed by atoms with E-state index in [1.807, 2.05) is 29.8 Å². The molecule has 1 fully saturated rings. The van der Waals surface area contributed by atoms with Crippen LogP contribution in [0.3, 0.4) is 0 Å². The minimum Gasteiger partial charge on any atom is -0.352 e. The Hall–Kier alpha value is -2.24. The summed E-state index contributed by atoms with van der Waals surface area (Å²) in [5, 5.41) is 0. The van der Waals surface area contributed by atoms with E-state index in [-0.39, 0.29) is 0 Å². The summed E-state index contributed by atoms with van der Waals surface area (Å²) in [5.74, 6) is 2.49. The third-order valence-corrected chi connectivity index (χ3v) is 5.86. The SMILES string of the molecule is CN(CC(=O)CC1CCCCC1)c1nc(-c2cn(C)cn2)nc2c1CCC2. The topological polar surface area (TPSA) is 63.9 Å². The molecule has 144 valence electrons. The molecule has 6 nitrogen and oxygen atoms in total. The number of imidazole rings is 1. The number of carbonyl (C=O) groups is 1. The van der Waals surface area contributed by atoms with Crippen molar-refractivity contribution in [2.45, 2.75) is 57.8 Å². The number of likely N-dealkylation sites (N-methyl/N-ethyl adjacent to an activating group) is 1. The molecule has 0 unspecified atom stereocenters. The van der Waals surface area contributed by atoms with Crippen LogP contribution in [0.4, 0.5) is 5.82 Å². The van der Waals surface area contributed by atoms with Crippen molar-refractivity contribution < 1.29 is 4.79 Å². The molecule has 0 N–H and O–H groups in total. The molecular weight excluding hydrogens is 338 g/mol. The van der Waals surface area contributed by atoms with Gasteiger partial charge in [-0.2, -0.15) is 0 Å². The van der Waals surface area contributed by atoms with E-state index in [9.17, 15) is 4.79 Å². The van der Waals surface area contributed by atoms with Gasteiger partial charge >= 0.3 is 0 Å². The highest BCUT2D eigenvalue weighted by atomic mass is 16.1. The van der Waals surface area contributed by atoms with Crippen LogP contribution in [0.2, 0.25) is 0 Å². The number of nitrogens with zero attached hydrogens (tertiary/aromatic N) is 5. The van der Waals surface area contributed by atoms with E-state index in [0.29, 0.717) is 30.5 Å². The lowest BCUT2D eigenvalue weighted by molar-refractivity contribution is -0.118. The van der Waals surface area contributed by atoms with Crippen LogP contribution < -0.4 is 4.90 Å². The van der Waals surface area contributed by atoms with Crippen molar-refractivity contribution in [1.82, 2.24) is 19.5 Å². The van der Waals surface area contributed by atoms with Crippen LogP contribution in [-0.2, 0) is 24.7 Å². The molecule has 0 radical (unpaired) electrons. The molecule has 2 aliphatic rings. The molecule has 0 aliphatic heterocycles. The summed E-state index contributed by atoms with van der Waals surface area (Å²) < 4.78 is 1.91. The first kappa shape index (κ1) is 18.1. The molecule has 2 aliphatic carbocycles. The molecule has 2 aromatic rings. The number of aryl methyl sites for hydroxylation is 2. The van der Waals surface area contributed by atoms with E-state index in [1.54, 1.807) is 6.33 Å². The summed E-state index contributed by atoms with van der Waals surface area (Å²) in [7, 11) is 3.93. The Kier molecular flexibility index (Phi) is 5.23. The lowest BCUT2D eigenvalue weighted by Gasteiger charge is -2.24. The van der Waals surface area contributed by atoms with Crippen molar-refractivity contribution >= 4 is 11.6 Å². The predicted octanol–water partition coefficient (Wildman–Crippen LogP) is 3.34. The standard InChI is InChI=1S/C21H29N5O/c1-25-13-19(22-14-25)20-23-18-10-6-9-17(18)21(24-20)26(2)12-16(27)11-15-7-4-3-5-8-15/h13-15H,3-12H2,1-2H3. The summed E-state index contributed by atoms with van der Waals surface area (Å²) >= 11 is 0. The van der Waals surface area contributed by atoms with Crippen molar-refractivity contribution in [3.63, 3.8) is 0 Å². The maximum Gasteiger partial charge on any atom is 0.182 e. The van der Waals surface area contributed by atoms with Crippen LogP contribution in [-0.4, -0.2) is 38.9 Å². The molecular formula is C21H29N5O. The van der Waals surface area contributed by atoms with Gasteiger partial charge in [0.2, 0.25) is 0 Å². The normalized spacial score (nSPS) is 17.1. The van der Waals surface area contributed by atoms with Gasteiger partial charge in [-0.25, -0.2) is 15.0 Å². The first-order valence-electron chi connectivity index (χ1n) is 10.2. The van der Waals surface area contributed by atoms with Gasteiger partial charge in [0, 0.05) is 38.0 Å². The van der Waals surface area contributed by atoms with E-state index in [0.717, 1.165) is 36.5 Å². The number of ketones is 1. The summed E-state index contributed by atoms with van der Waals surface area (Å²) in [6.07, 6.45) is 13.8. The largest absolute Gasteiger partial charge is 0.352 e. The first-order valence-corrected chi connectivity index (χ1v) is 10.2. The third kappa shape index (κ3) is 4.04. The predicted molar refractivity (Wildman–Crippen MR) is 106 cm³/mol. The summed E-state index contributed by atoms with van der Waals surface area (Å²) in [4.78, 5) is 28.7. The van der Waals surface area contributed by atoms with Gasteiger partial charge in [0.25, 0.3) is 0 Å². The smallest absolute Gasteiger partial charge is 0.182 e. The number of carbonyl (C=O) groups excluding carboxylic acids is 1. The molecule has 0 bridgehead atoms. The van der Waals surface area contributed by atoms with Gasteiger partial charge in [-0.3, -0.25) is 4.79 Å². The van der Waals surface area contributed by atoms with Crippen molar-refractivity contribution in [3.05, 3.63) is 23.8 Å². The number of Topliss-reactive ketones (excluding diaryl/α,β-unsaturated/α-hetero) is 1. The lowest BCUT2D eigenvalue weighted by Crippen LogP contribution is -2.29. The highest BCUT2D eigenvalue weighted by Gasteiger charge is 2.24. The van der Waals surface area contributed by atoms with Gasteiger partial charge in [0.05, 0.1) is 12.9 Å². The molecule has 27 heavy (non-hydrogen) atoms. The zero-order chi connectivity index (χ0) is 18.8. The second-order valence-corrected chi connectivity index (χ2v) is 8.18. The second-order valence-electron chi connectivity index (χ2n) is 8.18. The zero-order valence-corrected chi connectivity index (χ0v) is 16.4. The Balaban J connectivity index is 1.53. The van der Waals surface area contributed by atoms with E-state index in [1.165, 1.54) is 37.7 Å². The highest BCUT2D eigenvalue weighted by molar-refractivity contribution is 5.83. The maximum atomic E-state index is 12.7. The molecule has 6 heteroatoms. The van der Waals surface area contributed by atoms with Crippen LogP contribution in [0, 0.1) is 5.92 Å². The van der Waals surface area contributed by atoms with Gasteiger partial charge in [-0.05, 0) is 25.2 Å². The number of fused-ring (bicyclic) bond motifs is 1. The van der Waals surface area contributed by atoms with Gasteiger partial charge in [-0.1, -0.05) is 32.1 Å². The monoisotopic (exact) mass is 367 g/mol. The Labute approximate surface area is 161 Å². The highest BCUT2D eigenvalue weighted by Crippen LogP contribution is 2.31. The summed E-state index contributed by atoms with van der Waals surface area (Å²) in [6, 6.07) is 0. The van der Waals surface area contributed by atoms with Crippen molar-refractivity contribution in [2.75, 3.05) is 18.5 Å². The zero-order valence-electron chi connectivity index (χ0n) is 16.4. The number of anilines is 1. The van der Waals surface area contributed by atoms with Crippen molar-refractivity contribution in [2.24, 2.45) is 13.0 Å². The number of rotatable bonds is 6. The fourth-order valence-corrected chi connectivity index (χ4v) is 4.49. The average molecular weight is 367 g/mol. The van der Waals surface area contributed by atoms with Gasteiger partial charge < -0.3 is 9.47 Å². The number of hydrogen-bond acceptors (Lipinski definition) is 5. The Morgan fingerprint density at radius 1 is 1.19 bits per heavy atom. The molecule has 0 aromatic carbocycles. The van der Waals surface area contributed by atoms with Gasteiger partial charge in [0.1, 0.15) is 11.5 Å². The quantitative estimate of drug-likeness (QED) is 0.783. The molecule has 0 atom stereocenters. The molecule has 0 saturated heterocycles. The van der Waals surface area contributed by atoms with Gasteiger partial charge in [0.15, 0.2) is 11.6 Å². The van der Waals surface area contributed by atoms with Crippen LogP contribution in [0.15, 0.2) is 12.5 Å². The van der Waals surface area contributed by atoms with E-state index in [4.69, 9.17) is 9.97 Å². The van der Waals surface area contributed by atoms with Crippen molar-refractivity contribution in [1.29, 1.82) is 0 Å². The van der Waals surface area contributed by atoms with Crippen LogP contribution in [0.5, 0.6) is 0 Å². The minimum atomic E-state index is 0.328. The summed E-state index contributed by atoms with van der Waals surface area (Å²) in [5.41, 5.74) is 3.12. The first-order chi connectivity index (χ1) is 13.1. The Bertz CT molecular complexity index is 822. The molecule has 2 heterocycles. The number of hydrogen-bond donors (Lipinski definition) is 0. The van der Waals surface area contributed by atoms with Crippen molar-refractivity contribution in [3.8, 4) is 11.5 Å². The second kappa shape index (κ2) is 7.79.